The summed E-state index contributed by atoms with van der Waals surface area (Å²) in [5.74, 6) is -0.411. The summed E-state index contributed by atoms with van der Waals surface area (Å²) in [7, 11) is 0. The van der Waals surface area contributed by atoms with Crippen molar-refractivity contribution in [2.75, 3.05) is 4.90 Å². The van der Waals surface area contributed by atoms with Crippen LogP contribution in [-0.2, 0) is 6.42 Å². The van der Waals surface area contributed by atoms with Crippen molar-refractivity contribution in [3.63, 3.8) is 0 Å². The molecule has 0 radical (unpaired) electrons. The van der Waals surface area contributed by atoms with Crippen LogP contribution in [0.2, 0.25) is 0 Å². The van der Waals surface area contributed by atoms with Crippen LogP contribution in [0.1, 0.15) is 75.7 Å². The lowest BCUT2D eigenvalue weighted by Crippen LogP contribution is -2.12. The van der Waals surface area contributed by atoms with Gasteiger partial charge in [-0.3, -0.25) is 9.59 Å². The Labute approximate surface area is 307 Å². The number of carbonyl (C=O) groups excluding carboxylic acids is 2. The van der Waals surface area contributed by atoms with Gasteiger partial charge in [-0.15, -0.1) is 0 Å². The normalized spacial score (nSPS) is 11.8. The van der Waals surface area contributed by atoms with Gasteiger partial charge in [0.15, 0.2) is 11.6 Å². The summed E-state index contributed by atoms with van der Waals surface area (Å²) in [5, 5.41) is 2.14. The van der Waals surface area contributed by atoms with E-state index in [-0.39, 0.29) is 11.6 Å². The van der Waals surface area contributed by atoms with E-state index in [1.54, 1.807) is 30.4 Å². The van der Waals surface area contributed by atoms with Gasteiger partial charge < -0.3 is 4.90 Å². The molecule has 0 aromatic heterocycles. The molecule has 256 valence electrons. The van der Waals surface area contributed by atoms with Gasteiger partial charge in [0, 0.05) is 28.1 Å². The van der Waals surface area contributed by atoms with Gasteiger partial charge in [0.25, 0.3) is 0 Å². The van der Waals surface area contributed by atoms with Gasteiger partial charge >= 0.3 is 0 Å². The molecule has 0 amide bonds. The summed E-state index contributed by atoms with van der Waals surface area (Å²) < 4.78 is 0. The van der Waals surface area contributed by atoms with E-state index in [4.69, 9.17) is 0 Å². The molecule has 0 unspecified atom stereocenters. The Balaban J connectivity index is 0.00000228. The van der Waals surface area contributed by atoms with E-state index in [2.05, 4.69) is 127 Å². The molecule has 0 N–H and O–H groups in total. The SMILES string of the molecule is C=Cc1cc(C(C)=O)c(C(=O)C=Cc2ccc3cc(N(c4ccc5c(c4)C=CCC5)c4ccccc4-c4ccccc4)ccc3c2)cc1C=C.CC. The molecule has 0 saturated carbocycles. The molecule has 1 aliphatic rings. The van der Waals surface area contributed by atoms with Gasteiger partial charge in [0.05, 0.1) is 5.69 Å². The van der Waals surface area contributed by atoms with Crippen molar-refractivity contribution in [3.8, 4) is 11.1 Å². The number of hydrogen-bond acceptors (Lipinski definition) is 3. The van der Waals surface area contributed by atoms with Gasteiger partial charge in [0.2, 0.25) is 0 Å². The van der Waals surface area contributed by atoms with Gasteiger partial charge in [-0.05, 0) is 119 Å². The van der Waals surface area contributed by atoms with E-state index in [0.717, 1.165) is 68.5 Å². The maximum Gasteiger partial charge on any atom is 0.186 e. The number of rotatable bonds is 10. The van der Waals surface area contributed by atoms with Crippen molar-refractivity contribution < 1.29 is 9.59 Å². The van der Waals surface area contributed by atoms with E-state index >= 15 is 0 Å². The molecule has 0 bridgehead atoms. The third kappa shape index (κ3) is 7.40. The molecule has 6 aromatic carbocycles. The molecular formula is C49H43NO2. The van der Waals surface area contributed by atoms with E-state index in [9.17, 15) is 9.59 Å². The summed E-state index contributed by atoms with van der Waals surface area (Å²) in [5.41, 5.74) is 11.3. The highest BCUT2D eigenvalue weighted by Crippen LogP contribution is 2.42. The summed E-state index contributed by atoms with van der Waals surface area (Å²) >= 11 is 0. The number of carbonyl (C=O) groups is 2. The minimum absolute atomic E-state index is 0.172. The maximum atomic E-state index is 13.4. The highest BCUT2D eigenvalue weighted by Gasteiger charge is 2.19. The fourth-order valence-corrected chi connectivity index (χ4v) is 6.75. The Kier molecular flexibility index (Phi) is 11.0. The van der Waals surface area contributed by atoms with E-state index in [0.29, 0.717) is 11.1 Å². The number of fused-ring (bicyclic) bond motifs is 2. The highest BCUT2D eigenvalue weighted by molar-refractivity contribution is 6.14. The number of allylic oxidation sites excluding steroid dienone is 2. The minimum atomic E-state index is -0.239. The van der Waals surface area contributed by atoms with Crippen LogP contribution in [0.3, 0.4) is 0 Å². The van der Waals surface area contributed by atoms with Gasteiger partial charge in [-0.1, -0.05) is 130 Å². The number of aryl methyl sites for hydroxylation is 1. The quantitative estimate of drug-likeness (QED) is 0.107. The first-order valence-electron chi connectivity index (χ1n) is 17.9. The third-order valence-electron chi connectivity index (χ3n) is 9.34. The Hall–Kier alpha value is -6.32. The fourth-order valence-electron chi connectivity index (χ4n) is 6.75. The van der Waals surface area contributed by atoms with Crippen molar-refractivity contribution in [3.05, 3.63) is 186 Å². The standard InChI is InChI=1S/C47H37NO2.C2H6/c1-4-34-30-44(32(3)49)45(31-35(34)5-2)47(50)26-20-33-19-21-40-29-42(25-23-39(40)27-33)48(41-24-22-36-13-9-10-16-38(36)28-41)46-18-12-11-17-43(46)37-14-7-6-8-15-37;1-2/h4-8,10-12,14-31H,1-2,9,13H2,3H3;1-2H3. The molecule has 3 heteroatoms. The molecule has 0 atom stereocenters. The third-order valence-corrected chi connectivity index (χ3v) is 9.34. The van der Waals surface area contributed by atoms with E-state index in [1.807, 2.05) is 26.0 Å². The minimum Gasteiger partial charge on any atom is -0.310 e. The van der Waals surface area contributed by atoms with E-state index < -0.39 is 0 Å². The van der Waals surface area contributed by atoms with Crippen molar-refractivity contribution >= 4 is 63.7 Å². The first-order chi connectivity index (χ1) is 25.4. The number of benzene rings is 6. The molecule has 52 heavy (non-hydrogen) atoms. The number of para-hydroxylation sites is 1. The van der Waals surface area contributed by atoms with Crippen LogP contribution in [0, 0.1) is 0 Å². The fraction of sp³-hybridized carbons (Fsp3) is 0.102. The number of ketones is 2. The van der Waals surface area contributed by atoms with Gasteiger partial charge in [0.1, 0.15) is 0 Å². The van der Waals surface area contributed by atoms with Crippen molar-refractivity contribution in [2.45, 2.75) is 33.6 Å². The maximum absolute atomic E-state index is 13.4. The molecule has 0 saturated heterocycles. The zero-order valence-electron chi connectivity index (χ0n) is 30.1. The Bertz CT molecular complexity index is 2360. The van der Waals surface area contributed by atoms with Crippen LogP contribution in [0.15, 0.2) is 147 Å². The molecule has 0 heterocycles. The second kappa shape index (κ2) is 16.1. The molecule has 0 fully saturated rings. The van der Waals surface area contributed by atoms with Crippen LogP contribution in [0.25, 0.3) is 46.2 Å². The average Bonchev–Trinajstić information content (AvgIpc) is 3.20. The number of hydrogen-bond donors (Lipinski definition) is 0. The second-order valence-corrected chi connectivity index (χ2v) is 12.5. The molecule has 1 aliphatic carbocycles. The molecule has 0 spiro atoms. The lowest BCUT2D eigenvalue weighted by molar-refractivity contribution is 0.0993. The van der Waals surface area contributed by atoms with Gasteiger partial charge in [-0.2, -0.15) is 0 Å². The number of anilines is 3. The highest BCUT2D eigenvalue weighted by atomic mass is 16.1. The van der Waals surface area contributed by atoms with Crippen molar-refractivity contribution in [1.82, 2.24) is 0 Å². The number of Topliss-reactive ketones (excluding diaryl/α,β-unsaturated/α-hetero) is 1. The lowest BCUT2D eigenvalue weighted by atomic mass is 9.93. The van der Waals surface area contributed by atoms with Crippen LogP contribution < -0.4 is 4.90 Å². The summed E-state index contributed by atoms with van der Waals surface area (Å²) in [4.78, 5) is 28.1. The lowest BCUT2D eigenvalue weighted by Gasteiger charge is -2.29. The molecule has 0 aliphatic heterocycles. The first kappa shape index (κ1) is 35.5. The smallest absolute Gasteiger partial charge is 0.186 e. The van der Waals surface area contributed by atoms with Crippen molar-refractivity contribution in [2.24, 2.45) is 0 Å². The van der Waals surface area contributed by atoms with E-state index in [1.165, 1.54) is 24.1 Å². The summed E-state index contributed by atoms with van der Waals surface area (Å²) in [6.07, 6.45) is 13.3. The summed E-state index contributed by atoms with van der Waals surface area (Å²) in [6, 6.07) is 42.0. The first-order valence-corrected chi connectivity index (χ1v) is 17.9. The Morgan fingerprint density at radius 1 is 0.692 bits per heavy atom. The van der Waals surface area contributed by atoms with Gasteiger partial charge in [-0.25, -0.2) is 0 Å². The van der Waals surface area contributed by atoms with Crippen LogP contribution in [-0.4, -0.2) is 11.6 Å². The largest absolute Gasteiger partial charge is 0.310 e. The van der Waals surface area contributed by atoms with Crippen molar-refractivity contribution in [1.29, 1.82) is 0 Å². The molecule has 6 aromatic rings. The molecule has 7 rings (SSSR count). The molecule has 3 nitrogen and oxygen atoms in total. The summed E-state index contributed by atoms with van der Waals surface area (Å²) in [6.45, 7) is 13.2. The topological polar surface area (TPSA) is 37.4 Å². The average molecular weight is 678 g/mol. The van der Waals surface area contributed by atoms with Crippen LogP contribution in [0.4, 0.5) is 17.1 Å². The zero-order valence-corrected chi connectivity index (χ0v) is 30.1. The molecular weight excluding hydrogens is 635 g/mol. The zero-order chi connectivity index (χ0) is 36.6. The van der Waals surface area contributed by atoms with Crippen LogP contribution in [0.5, 0.6) is 0 Å². The Morgan fingerprint density at radius 3 is 2.10 bits per heavy atom. The second-order valence-electron chi connectivity index (χ2n) is 12.5. The Morgan fingerprint density at radius 2 is 1.35 bits per heavy atom. The number of nitrogens with zero attached hydrogens (tertiary/aromatic N) is 1. The monoisotopic (exact) mass is 677 g/mol. The predicted molar refractivity (Wildman–Crippen MR) is 223 cm³/mol. The van der Waals surface area contributed by atoms with Crippen LogP contribution >= 0.6 is 0 Å². The predicted octanol–water partition coefficient (Wildman–Crippen LogP) is 13.3.